The fraction of sp³-hybridized carbons (Fsp3) is 0.688. The number of amides is 2. The summed E-state index contributed by atoms with van der Waals surface area (Å²) in [5.41, 5.74) is 6.10. The van der Waals surface area contributed by atoms with Crippen molar-refractivity contribution in [1.82, 2.24) is 9.88 Å². The average Bonchev–Trinajstić information content (AvgIpc) is 3.21. The van der Waals surface area contributed by atoms with Crippen LogP contribution in [0.15, 0.2) is 0 Å². The quantitative estimate of drug-likeness (QED) is 0.924. The van der Waals surface area contributed by atoms with Gasteiger partial charge in [-0.1, -0.05) is 12.8 Å². The van der Waals surface area contributed by atoms with Gasteiger partial charge in [-0.05, 0) is 39.0 Å². The Hall–Kier alpha value is -1.43. The highest BCUT2D eigenvalue weighted by molar-refractivity contribution is 7.13. The fourth-order valence-corrected chi connectivity index (χ4v) is 4.32. The van der Waals surface area contributed by atoms with E-state index in [4.69, 9.17) is 5.73 Å². The lowest BCUT2D eigenvalue weighted by molar-refractivity contribution is -0.131. The molecule has 6 heteroatoms. The van der Waals surface area contributed by atoms with E-state index in [1.165, 1.54) is 24.2 Å². The molecule has 1 aromatic heterocycles. The van der Waals surface area contributed by atoms with Gasteiger partial charge in [0, 0.05) is 13.1 Å². The maximum atomic E-state index is 12.6. The van der Waals surface area contributed by atoms with Crippen molar-refractivity contribution < 1.29 is 9.59 Å². The molecule has 0 radical (unpaired) electrons. The van der Waals surface area contributed by atoms with Crippen LogP contribution in [0.25, 0.3) is 0 Å². The summed E-state index contributed by atoms with van der Waals surface area (Å²) in [6.45, 7) is 5.02. The molecule has 1 aliphatic carbocycles. The van der Waals surface area contributed by atoms with Crippen molar-refractivity contribution in [2.45, 2.75) is 46.0 Å². The van der Waals surface area contributed by atoms with Crippen LogP contribution in [0.2, 0.25) is 0 Å². The van der Waals surface area contributed by atoms with Crippen molar-refractivity contribution >= 4 is 23.2 Å². The van der Waals surface area contributed by atoms with Crippen LogP contribution in [0.3, 0.4) is 0 Å². The lowest BCUT2D eigenvalue weighted by Gasteiger charge is -2.39. The number of aromatic nitrogens is 1. The smallest absolute Gasteiger partial charge is 0.265 e. The SMILES string of the molecule is Cc1nc(C)c(C(=O)N2CCC(CC3CC3)(C(N)=O)CC2)s1. The Kier molecular flexibility index (Phi) is 3.97. The number of likely N-dealkylation sites (tertiary alicyclic amines) is 1. The van der Waals surface area contributed by atoms with Crippen LogP contribution in [-0.4, -0.2) is 34.8 Å². The highest BCUT2D eigenvalue weighted by atomic mass is 32.1. The summed E-state index contributed by atoms with van der Waals surface area (Å²) in [4.78, 5) is 31.5. The zero-order valence-corrected chi connectivity index (χ0v) is 14.0. The zero-order chi connectivity index (χ0) is 15.9. The number of nitrogens with zero attached hydrogens (tertiary/aromatic N) is 2. The molecule has 1 aliphatic heterocycles. The molecule has 2 heterocycles. The van der Waals surface area contributed by atoms with Crippen LogP contribution < -0.4 is 5.73 Å². The van der Waals surface area contributed by atoms with Gasteiger partial charge < -0.3 is 10.6 Å². The first-order valence-electron chi connectivity index (χ1n) is 7.94. The van der Waals surface area contributed by atoms with Crippen LogP contribution in [0.5, 0.6) is 0 Å². The number of carbonyl (C=O) groups is 2. The molecular weight excluding hydrogens is 298 g/mol. The van der Waals surface area contributed by atoms with Gasteiger partial charge in [0.2, 0.25) is 5.91 Å². The molecule has 2 aliphatic rings. The van der Waals surface area contributed by atoms with E-state index < -0.39 is 5.41 Å². The molecule has 5 nitrogen and oxygen atoms in total. The van der Waals surface area contributed by atoms with Gasteiger partial charge >= 0.3 is 0 Å². The summed E-state index contributed by atoms with van der Waals surface area (Å²) >= 11 is 1.45. The molecule has 1 saturated carbocycles. The van der Waals surface area contributed by atoms with E-state index in [2.05, 4.69) is 4.98 Å². The number of nitrogens with two attached hydrogens (primary N) is 1. The van der Waals surface area contributed by atoms with Gasteiger partial charge in [0.25, 0.3) is 5.91 Å². The largest absolute Gasteiger partial charge is 0.369 e. The molecule has 1 saturated heterocycles. The number of hydrogen-bond donors (Lipinski definition) is 1. The van der Waals surface area contributed by atoms with Gasteiger partial charge in [-0.2, -0.15) is 0 Å². The van der Waals surface area contributed by atoms with E-state index in [1.54, 1.807) is 0 Å². The molecule has 0 atom stereocenters. The lowest BCUT2D eigenvalue weighted by atomic mass is 9.73. The van der Waals surface area contributed by atoms with Gasteiger partial charge in [-0.3, -0.25) is 9.59 Å². The van der Waals surface area contributed by atoms with E-state index in [0.29, 0.717) is 31.8 Å². The van der Waals surface area contributed by atoms with Crippen LogP contribution in [-0.2, 0) is 4.79 Å². The molecule has 0 unspecified atom stereocenters. The molecule has 0 bridgehead atoms. The lowest BCUT2D eigenvalue weighted by Crippen LogP contribution is -2.49. The van der Waals surface area contributed by atoms with Crippen LogP contribution in [0.1, 0.15) is 52.5 Å². The second-order valence-corrected chi connectivity index (χ2v) is 7.93. The van der Waals surface area contributed by atoms with Crippen molar-refractivity contribution in [3.05, 3.63) is 15.6 Å². The normalized spacial score (nSPS) is 20.9. The molecule has 2 amide bonds. The molecule has 2 fully saturated rings. The number of piperidine rings is 1. The van der Waals surface area contributed by atoms with Crippen LogP contribution in [0.4, 0.5) is 0 Å². The Morgan fingerprint density at radius 1 is 1.32 bits per heavy atom. The predicted molar refractivity (Wildman–Crippen MR) is 85.7 cm³/mol. The Balaban J connectivity index is 1.68. The highest BCUT2D eigenvalue weighted by Gasteiger charge is 2.44. The Bertz CT molecular complexity index is 599. The molecule has 0 spiro atoms. The summed E-state index contributed by atoms with van der Waals surface area (Å²) < 4.78 is 0. The second-order valence-electron chi connectivity index (χ2n) is 6.73. The number of hydrogen-bond acceptors (Lipinski definition) is 4. The third-order valence-corrected chi connectivity index (χ3v) is 6.07. The fourth-order valence-electron chi connectivity index (χ4n) is 3.44. The zero-order valence-electron chi connectivity index (χ0n) is 13.2. The Morgan fingerprint density at radius 2 is 1.95 bits per heavy atom. The summed E-state index contributed by atoms with van der Waals surface area (Å²) in [5, 5.41) is 0.915. The average molecular weight is 321 g/mol. The van der Waals surface area contributed by atoms with Gasteiger partial charge in [-0.15, -0.1) is 11.3 Å². The van der Waals surface area contributed by atoms with Crippen LogP contribution in [0, 0.1) is 25.2 Å². The second kappa shape index (κ2) is 5.65. The van der Waals surface area contributed by atoms with E-state index in [9.17, 15) is 9.59 Å². The molecular formula is C16H23N3O2S. The van der Waals surface area contributed by atoms with Crippen LogP contribution >= 0.6 is 11.3 Å². The monoisotopic (exact) mass is 321 g/mol. The molecule has 3 rings (SSSR count). The van der Waals surface area contributed by atoms with Crippen molar-refractivity contribution in [1.29, 1.82) is 0 Å². The number of aryl methyl sites for hydroxylation is 2. The van der Waals surface area contributed by atoms with Crippen molar-refractivity contribution in [2.75, 3.05) is 13.1 Å². The van der Waals surface area contributed by atoms with Crippen molar-refractivity contribution in [3.63, 3.8) is 0 Å². The molecule has 2 N–H and O–H groups in total. The minimum atomic E-state index is -0.392. The van der Waals surface area contributed by atoms with Gasteiger partial charge in [0.05, 0.1) is 16.1 Å². The van der Waals surface area contributed by atoms with Crippen molar-refractivity contribution in [3.8, 4) is 0 Å². The summed E-state index contributed by atoms with van der Waals surface area (Å²) in [7, 11) is 0. The third-order valence-electron chi connectivity index (χ3n) is 5.00. The standard InChI is InChI=1S/C16H23N3O2S/c1-10-13(22-11(2)18-10)14(20)19-7-5-16(6-8-19,15(17)21)9-12-3-4-12/h12H,3-9H2,1-2H3,(H2,17,21). The van der Waals surface area contributed by atoms with Gasteiger partial charge in [0.1, 0.15) is 4.88 Å². The summed E-state index contributed by atoms with van der Waals surface area (Å²) in [6, 6.07) is 0. The summed E-state index contributed by atoms with van der Waals surface area (Å²) in [6.07, 6.45) is 4.74. The predicted octanol–water partition coefficient (Wildman–Crippen LogP) is 2.27. The Labute approximate surface area is 134 Å². The third kappa shape index (κ3) is 2.89. The number of primary amides is 1. The number of thiazole rings is 1. The summed E-state index contributed by atoms with van der Waals surface area (Å²) in [5.74, 6) is 0.532. The van der Waals surface area contributed by atoms with Gasteiger partial charge in [-0.25, -0.2) is 4.98 Å². The van der Waals surface area contributed by atoms with Gasteiger partial charge in [0.15, 0.2) is 0 Å². The maximum absolute atomic E-state index is 12.6. The number of carbonyl (C=O) groups excluding carboxylic acids is 2. The molecule has 1 aromatic rings. The van der Waals surface area contributed by atoms with E-state index in [-0.39, 0.29) is 11.8 Å². The first kappa shape index (κ1) is 15.5. The molecule has 120 valence electrons. The molecule has 22 heavy (non-hydrogen) atoms. The van der Waals surface area contributed by atoms with Crippen molar-refractivity contribution in [2.24, 2.45) is 17.1 Å². The highest BCUT2D eigenvalue weighted by Crippen LogP contribution is 2.45. The molecule has 0 aromatic carbocycles. The topological polar surface area (TPSA) is 76.3 Å². The van der Waals surface area contributed by atoms with E-state index >= 15 is 0 Å². The minimum absolute atomic E-state index is 0.0487. The first-order valence-corrected chi connectivity index (χ1v) is 8.76. The first-order chi connectivity index (χ1) is 10.4. The van der Waals surface area contributed by atoms with E-state index in [0.717, 1.165) is 22.0 Å². The number of rotatable bonds is 4. The Morgan fingerprint density at radius 3 is 2.41 bits per heavy atom. The minimum Gasteiger partial charge on any atom is -0.369 e. The van der Waals surface area contributed by atoms with E-state index in [1.807, 2.05) is 18.7 Å². The maximum Gasteiger partial charge on any atom is 0.265 e.